The van der Waals surface area contributed by atoms with Gasteiger partial charge in [-0.1, -0.05) is 19.1 Å². The van der Waals surface area contributed by atoms with Gasteiger partial charge in [-0.05, 0) is 44.0 Å². The van der Waals surface area contributed by atoms with E-state index in [1.165, 1.54) is 0 Å². The number of rotatable bonds is 7. The number of urea groups is 1. The molecule has 7 heteroatoms. The van der Waals surface area contributed by atoms with Crippen molar-refractivity contribution in [2.75, 3.05) is 20.1 Å². The van der Waals surface area contributed by atoms with Crippen molar-refractivity contribution in [3.05, 3.63) is 29.8 Å². The van der Waals surface area contributed by atoms with E-state index in [1.54, 1.807) is 30.1 Å². The highest BCUT2D eigenvalue weighted by atomic mass is 16.4. The number of phenolic OH excluding ortho intramolecular Hbond substituents is 1. The van der Waals surface area contributed by atoms with Crippen LogP contribution in [0.15, 0.2) is 24.3 Å². The smallest absolute Gasteiger partial charge is 0.317 e. The van der Waals surface area contributed by atoms with Crippen molar-refractivity contribution in [2.45, 2.75) is 44.8 Å². The second-order valence-corrected chi connectivity index (χ2v) is 6.61. The number of likely N-dealkylation sites (N-methyl/N-ethyl adjacent to an activating group) is 1. The summed E-state index contributed by atoms with van der Waals surface area (Å²) in [5.74, 6) is -0.646. The maximum atomic E-state index is 12.4. The molecular weight excluding hydrogens is 322 g/mol. The molecule has 2 amide bonds. The van der Waals surface area contributed by atoms with Crippen LogP contribution in [0, 0.1) is 0 Å². The van der Waals surface area contributed by atoms with Crippen LogP contribution in [0.2, 0.25) is 0 Å². The summed E-state index contributed by atoms with van der Waals surface area (Å²) in [5.41, 5.74) is 0.864. The van der Waals surface area contributed by atoms with Gasteiger partial charge in [0.1, 0.15) is 5.75 Å². The fraction of sp³-hybridized carbons (Fsp3) is 0.556. The lowest BCUT2D eigenvalue weighted by Crippen LogP contribution is -2.56. The van der Waals surface area contributed by atoms with Crippen LogP contribution in [0.3, 0.4) is 0 Å². The van der Waals surface area contributed by atoms with E-state index in [9.17, 15) is 14.7 Å². The number of nitrogens with zero attached hydrogens (tertiary/aromatic N) is 2. The summed E-state index contributed by atoms with van der Waals surface area (Å²) in [6.07, 6.45) is 1.53. The average Bonchev–Trinajstić information content (AvgIpc) is 2.54. The number of phenols is 1. The number of amides is 2. The summed E-state index contributed by atoms with van der Waals surface area (Å²) >= 11 is 0. The molecule has 3 N–H and O–H groups in total. The van der Waals surface area contributed by atoms with E-state index in [1.807, 2.05) is 24.8 Å². The number of hydrogen-bond acceptors (Lipinski definition) is 4. The molecule has 1 unspecified atom stereocenters. The third-order valence-corrected chi connectivity index (χ3v) is 4.96. The number of carboxylic acids is 1. The van der Waals surface area contributed by atoms with Crippen LogP contribution >= 0.6 is 0 Å². The maximum absolute atomic E-state index is 12.4. The molecule has 0 bridgehead atoms. The van der Waals surface area contributed by atoms with Crippen molar-refractivity contribution in [1.29, 1.82) is 0 Å². The van der Waals surface area contributed by atoms with Crippen molar-refractivity contribution in [3.63, 3.8) is 0 Å². The summed E-state index contributed by atoms with van der Waals surface area (Å²) < 4.78 is 0. The van der Waals surface area contributed by atoms with Crippen LogP contribution in [0.1, 0.15) is 38.3 Å². The Morgan fingerprint density at radius 2 is 2.04 bits per heavy atom. The first kappa shape index (κ1) is 19.1. The molecule has 25 heavy (non-hydrogen) atoms. The van der Waals surface area contributed by atoms with Gasteiger partial charge in [0.2, 0.25) is 0 Å². The Morgan fingerprint density at radius 1 is 1.36 bits per heavy atom. The number of carbonyl (C=O) groups excluding carboxylic acids is 1. The Labute approximate surface area is 148 Å². The summed E-state index contributed by atoms with van der Waals surface area (Å²) in [6.45, 7) is 4.57. The van der Waals surface area contributed by atoms with E-state index in [0.29, 0.717) is 6.54 Å². The summed E-state index contributed by atoms with van der Waals surface area (Å²) in [7, 11) is 1.73. The number of hydrogen-bond donors (Lipinski definition) is 3. The minimum atomic E-state index is -0.825. The monoisotopic (exact) mass is 349 g/mol. The molecule has 1 fully saturated rings. The second-order valence-electron chi connectivity index (χ2n) is 6.61. The molecule has 1 atom stereocenters. The first-order chi connectivity index (χ1) is 11.8. The highest BCUT2D eigenvalue weighted by Gasteiger charge is 2.35. The van der Waals surface area contributed by atoms with E-state index >= 15 is 0 Å². The maximum Gasteiger partial charge on any atom is 0.317 e. The first-order valence-electron chi connectivity index (χ1n) is 8.59. The SMILES string of the molecule is CCN(CC(=O)O)C1CC(NC(=O)N(C)C(C)c2cccc(O)c2)C1. The Morgan fingerprint density at radius 3 is 2.60 bits per heavy atom. The van der Waals surface area contributed by atoms with Gasteiger partial charge in [0, 0.05) is 19.1 Å². The van der Waals surface area contributed by atoms with Crippen molar-refractivity contribution >= 4 is 12.0 Å². The van der Waals surface area contributed by atoms with Gasteiger partial charge in [-0.25, -0.2) is 4.79 Å². The van der Waals surface area contributed by atoms with Crippen LogP contribution in [-0.2, 0) is 4.79 Å². The van der Waals surface area contributed by atoms with Crippen molar-refractivity contribution in [1.82, 2.24) is 15.1 Å². The highest BCUT2D eigenvalue weighted by molar-refractivity contribution is 5.75. The van der Waals surface area contributed by atoms with Gasteiger partial charge >= 0.3 is 12.0 Å². The molecule has 7 nitrogen and oxygen atoms in total. The molecule has 2 rings (SSSR count). The van der Waals surface area contributed by atoms with E-state index in [-0.39, 0.29) is 36.5 Å². The highest BCUT2D eigenvalue weighted by Crippen LogP contribution is 2.27. The van der Waals surface area contributed by atoms with E-state index < -0.39 is 5.97 Å². The number of nitrogens with one attached hydrogen (secondary N) is 1. The number of carboxylic acid groups (broad SMARTS) is 1. The molecule has 1 saturated carbocycles. The zero-order valence-corrected chi connectivity index (χ0v) is 15.0. The lowest BCUT2D eigenvalue weighted by molar-refractivity contribution is -0.139. The summed E-state index contributed by atoms with van der Waals surface area (Å²) in [6, 6.07) is 6.83. The summed E-state index contributed by atoms with van der Waals surface area (Å²) in [5, 5.41) is 21.5. The van der Waals surface area contributed by atoms with Crippen LogP contribution in [0.4, 0.5) is 4.79 Å². The molecule has 0 aromatic heterocycles. The Hall–Kier alpha value is -2.28. The lowest BCUT2D eigenvalue weighted by Gasteiger charge is -2.43. The van der Waals surface area contributed by atoms with Gasteiger partial charge in [-0.2, -0.15) is 0 Å². The molecule has 0 radical (unpaired) electrons. The van der Waals surface area contributed by atoms with Crippen LogP contribution in [-0.4, -0.2) is 64.2 Å². The van der Waals surface area contributed by atoms with Crippen LogP contribution in [0.5, 0.6) is 5.75 Å². The minimum Gasteiger partial charge on any atom is -0.508 e. The van der Waals surface area contributed by atoms with E-state index in [0.717, 1.165) is 18.4 Å². The predicted molar refractivity (Wildman–Crippen MR) is 94.5 cm³/mol. The Balaban J connectivity index is 1.83. The number of carbonyl (C=O) groups is 2. The van der Waals surface area contributed by atoms with Crippen LogP contribution in [0.25, 0.3) is 0 Å². The normalized spacial score (nSPS) is 20.6. The lowest BCUT2D eigenvalue weighted by atomic mass is 9.85. The zero-order chi connectivity index (χ0) is 18.6. The molecular formula is C18H27N3O4. The molecule has 1 aromatic carbocycles. The zero-order valence-electron chi connectivity index (χ0n) is 15.0. The van der Waals surface area contributed by atoms with Gasteiger partial charge in [0.15, 0.2) is 0 Å². The van der Waals surface area contributed by atoms with Gasteiger partial charge in [-0.3, -0.25) is 9.69 Å². The van der Waals surface area contributed by atoms with Crippen molar-refractivity contribution < 1.29 is 19.8 Å². The average molecular weight is 349 g/mol. The van der Waals surface area contributed by atoms with Gasteiger partial charge in [-0.15, -0.1) is 0 Å². The molecule has 0 aliphatic heterocycles. The Kier molecular flexibility index (Phi) is 6.25. The molecule has 0 saturated heterocycles. The third-order valence-electron chi connectivity index (χ3n) is 4.96. The molecule has 0 spiro atoms. The van der Waals surface area contributed by atoms with E-state index in [4.69, 9.17) is 5.11 Å². The number of aliphatic carboxylic acids is 1. The van der Waals surface area contributed by atoms with Gasteiger partial charge in [0.25, 0.3) is 0 Å². The molecule has 1 aliphatic carbocycles. The van der Waals surface area contributed by atoms with Gasteiger partial charge < -0.3 is 20.4 Å². The fourth-order valence-electron chi connectivity index (χ4n) is 3.14. The largest absolute Gasteiger partial charge is 0.508 e. The van der Waals surface area contributed by atoms with E-state index in [2.05, 4.69) is 5.32 Å². The standard InChI is InChI=1S/C18H27N3O4/c1-4-21(11-17(23)24)15-9-14(10-15)19-18(25)20(3)12(2)13-6-5-7-16(22)8-13/h5-8,12,14-15,22H,4,9-11H2,1-3H3,(H,19,25)(H,23,24). The predicted octanol–water partition coefficient (Wildman–Crippen LogP) is 2.03. The topological polar surface area (TPSA) is 93.1 Å². The minimum absolute atomic E-state index is 0.0380. The molecule has 1 aliphatic rings. The number of benzene rings is 1. The third kappa shape index (κ3) is 4.85. The fourth-order valence-corrected chi connectivity index (χ4v) is 3.14. The van der Waals surface area contributed by atoms with Crippen molar-refractivity contribution in [2.24, 2.45) is 0 Å². The van der Waals surface area contributed by atoms with Crippen LogP contribution < -0.4 is 5.32 Å². The quantitative estimate of drug-likeness (QED) is 0.700. The summed E-state index contributed by atoms with van der Waals surface area (Å²) in [4.78, 5) is 26.8. The molecule has 0 heterocycles. The number of aromatic hydroxyl groups is 1. The van der Waals surface area contributed by atoms with Crippen molar-refractivity contribution in [3.8, 4) is 5.75 Å². The molecule has 138 valence electrons. The molecule has 1 aromatic rings. The second kappa shape index (κ2) is 8.20. The first-order valence-corrected chi connectivity index (χ1v) is 8.59. The Bertz CT molecular complexity index is 616. The van der Waals surface area contributed by atoms with Gasteiger partial charge in [0.05, 0.1) is 12.6 Å².